The number of aliphatic hydroxyl groups excluding tert-OH is 1. The lowest BCUT2D eigenvalue weighted by Gasteiger charge is -2.43. The molecule has 6 nitrogen and oxygen atoms in total. The summed E-state index contributed by atoms with van der Waals surface area (Å²) in [7, 11) is -1.89. The molecule has 1 N–H and O–H groups in total. The first-order valence-electron chi connectivity index (χ1n) is 9.91. The summed E-state index contributed by atoms with van der Waals surface area (Å²) in [5.74, 6) is 0.210. The van der Waals surface area contributed by atoms with Gasteiger partial charge in [0.05, 0.1) is 19.8 Å². The molecule has 0 aromatic rings. The van der Waals surface area contributed by atoms with Crippen molar-refractivity contribution >= 4 is 20.1 Å². The van der Waals surface area contributed by atoms with E-state index >= 15 is 0 Å². The molecule has 0 unspecified atom stereocenters. The SMILES string of the molecule is CCS[C@@H]1O[C@H](CO[Si](C)(C)C(C)(C)C)[C@@H]2OC(C)(C)O[C@@H]2[C@H]1OCCO. The first-order valence-corrected chi connectivity index (χ1v) is 13.9. The summed E-state index contributed by atoms with van der Waals surface area (Å²) in [6.07, 6.45) is -0.971. The van der Waals surface area contributed by atoms with Gasteiger partial charge < -0.3 is 28.5 Å². The number of hydrogen-bond acceptors (Lipinski definition) is 7. The van der Waals surface area contributed by atoms with Gasteiger partial charge >= 0.3 is 0 Å². The molecule has 2 saturated heterocycles. The zero-order chi connectivity index (χ0) is 20.5. The van der Waals surface area contributed by atoms with Crippen molar-refractivity contribution in [2.75, 3.05) is 25.6 Å². The molecule has 2 fully saturated rings. The van der Waals surface area contributed by atoms with Gasteiger partial charge in [-0.25, -0.2) is 0 Å². The Bertz CT molecular complexity index is 481. The molecular formula is C19H38O6SSi. The van der Waals surface area contributed by atoms with Gasteiger partial charge in [0.1, 0.15) is 29.9 Å². The van der Waals surface area contributed by atoms with E-state index in [0.717, 1.165) is 5.75 Å². The van der Waals surface area contributed by atoms with Crippen LogP contribution in [-0.4, -0.2) is 74.6 Å². The molecule has 0 bridgehead atoms. The van der Waals surface area contributed by atoms with Gasteiger partial charge in [-0.1, -0.05) is 27.7 Å². The Morgan fingerprint density at radius 3 is 2.33 bits per heavy atom. The van der Waals surface area contributed by atoms with Gasteiger partial charge in [-0.2, -0.15) is 0 Å². The van der Waals surface area contributed by atoms with Gasteiger partial charge in [-0.05, 0) is 37.7 Å². The van der Waals surface area contributed by atoms with Gasteiger partial charge in [-0.3, -0.25) is 0 Å². The van der Waals surface area contributed by atoms with Gasteiger partial charge in [0.2, 0.25) is 0 Å². The molecule has 2 aliphatic heterocycles. The first-order chi connectivity index (χ1) is 12.4. The van der Waals surface area contributed by atoms with Crippen LogP contribution in [0.4, 0.5) is 0 Å². The second kappa shape index (κ2) is 9.00. The Kier molecular flexibility index (Phi) is 7.86. The maximum absolute atomic E-state index is 9.20. The highest BCUT2D eigenvalue weighted by atomic mass is 32.2. The maximum atomic E-state index is 9.20. The van der Waals surface area contributed by atoms with Crippen LogP contribution in [0.5, 0.6) is 0 Å². The minimum Gasteiger partial charge on any atom is -0.414 e. The number of rotatable bonds is 8. The molecule has 2 aliphatic rings. The van der Waals surface area contributed by atoms with E-state index in [1.165, 1.54) is 0 Å². The molecule has 160 valence electrons. The minimum absolute atomic E-state index is 0.0282. The fourth-order valence-electron chi connectivity index (χ4n) is 3.14. The van der Waals surface area contributed by atoms with Crippen LogP contribution in [0.25, 0.3) is 0 Å². The van der Waals surface area contributed by atoms with Gasteiger partial charge in [0.15, 0.2) is 14.1 Å². The maximum Gasteiger partial charge on any atom is 0.192 e. The van der Waals surface area contributed by atoms with Crippen molar-refractivity contribution in [1.82, 2.24) is 0 Å². The molecule has 0 spiro atoms. The second-order valence-electron chi connectivity index (χ2n) is 9.19. The van der Waals surface area contributed by atoms with Crippen LogP contribution in [0, 0.1) is 0 Å². The molecule has 0 amide bonds. The van der Waals surface area contributed by atoms with Crippen LogP contribution >= 0.6 is 11.8 Å². The van der Waals surface area contributed by atoms with Crippen LogP contribution in [-0.2, 0) is 23.4 Å². The molecule has 5 atom stereocenters. The van der Waals surface area contributed by atoms with Crippen LogP contribution < -0.4 is 0 Å². The van der Waals surface area contributed by atoms with E-state index in [9.17, 15) is 5.11 Å². The monoisotopic (exact) mass is 422 g/mol. The third-order valence-corrected chi connectivity index (χ3v) is 11.1. The highest BCUT2D eigenvalue weighted by Crippen LogP contribution is 2.42. The van der Waals surface area contributed by atoms with E-state index < -0.39 is 14.1 Å². The average Bonchev–Trinajstić information content (AvgIpc) is 2.86. The van der Waals surface area contributed by atoms with E-state index in [0.29, 0.717) is 6.61 Å². The molecule has 27 heavy (non-hydrogen) atoms. The molecule has 0 aliphatic carbocycles. The van der Waals surface area contributed by atoms with Crippen LogP contribution in [0.1, 0.15) is 41.5 Å². The summed E-state index contributed by atoms with van der Waals surface area (Å²) in [6.45, 7) is 17.8. The van der Waals surface area contributed by atoms with E-state index in [-0.39, 0.29) is 48.1 Å². The lowest BCUT2D eigenvalue weighted by Crippen LogP contribution is -2.58. The highest BCUT2D eigenvalue weighted by molar-refractivity contribution is 7.99. The zero-order valence-corrected chi connectivity index (χ0v) is 19.9. The van der Waals surface area contributed by atoms with E-state index in [4.69, 9.17) is 23.4 Å². The quantitative estimate of drug-likeness (QED) is 0.602. The summed E-state index contributed by atoms with van der Waals surface area (Å²) in [4.78, 5) is 0. The third-order valence-electron chi connectivity index (χ3n) is 5.58. The molecule has 0 saturated carbocycles. The second-order valence-corrected chi connectivity index (χ2v) is 15.4. The van der Waals surface area contributed by atoms with Gasteiger partial charge in [0.25, 0.3) is 0 Å². The van der Waals surface area contributed by atoms with Crippen LogP contribution in [0.2, 0.25) is 18.1 Å². The molecule has 2 heterocycles. The van der Waals surface area contributed by atoms with Crippen LogP contribution in [0.15, 0.2) is 0 Å². The average molecular weight is 423 g/mol. The Labute approximate surface area is 169 Å². The Morgan fingerprint density at radius 2 is 1.78 bits per heavy atom. The number of aliphatic hydroxyl groups is 1. The molecular weight excluding hydrogens is 384 g/mol. The number of ether oxygens (including phenoxy) is 4. The van der Waals surface area contributed by atoms with E-state index in [1.54, 1.807) is 11.8 Å². The number of hydrogen-bond donors (Lipinski definition) is 1. The van der Waals surface area contributed by atoms with Crippen LogP contribution in [0.3, 0.4) is 0 Å². The lowest BCUT2D eigenvalue weighted by atomic mass is 10.0. The molecule has 0 aromatic heterocycles. The Morgan fingerprint density at radius 1 is 1.15 bits per heavy atom. The largest absolute Gasteiger partial charge is 0.414 e. The number of thioether (sulfide) groups is 1. The minimum atomic E-state index is -1.89. The molecule has 0 aromatic carbocycles. The van der Waals surface area contributed by atoms with Crippen molar-refractivity contribution in [3.63, 3.8) is 0 Å². The zero-order valence-electron chi connectivity index (χ0n) is 18.1. The fourth-order valence-corrected chi connectivity index (χ4v) is 5.13. The van der Waals surface area contributed by atoms with Crippen molar-refractivity contribution in [3.8, 4) is 0 Å². The van der Waals surface area contributed by atoms with Crippen molar-refractivity contribution in [2.45, 2.75) is 95.3 Å². The predicted molar refractivity (Wildman–Crippen MR) is 111 cm³/mol. The molecule has 2 rings (SSSR count). The summed E-state index contributed by atoms with van der Waals surface area (Å²) < 4.78 is 31.2. The standard InChI is InChI=1S/C19H38O6SSi/c1-9-26-17-16(21-11-10-20)15-14(24-19(5,6)25-15)13(23-17)12-22-27(7,8)18(2,3)4/h13-17,20H,9-12H2,1-8H3/t13-,14+,15+,16-,17+/m1/s1. The third kappa shape index (κ3) is 5.69. The van der Waals surface area contributed by atoms with Crippen molar-refractivity contribution in [2.24, 2.45) is 0 Å². The van der Waals surface area contributed by atoms with Crippen molar-refractivity contribution in [3.05, 3.63) is 0 Å². The summed E-state index contributed by atoms with van der Waals surface area (Å²) >= 11 is 1.69. The number of fused-ring (bicyclic) bond motifs is 1. The highest BCUT2D eigenvalue weighted by Gasteiger charge is 2.56. The predicted octanol–water partition coefficient (Wildman–Crippen LogP) is 3.38. The topological polar surface area (TPSA) is 66.4 Å². The van der Waals surface area contributed by atoms with E-state index in [1.807, 2.05) is 13.8 Å². The Hall–Kier alpha value is 0.327. The summed E-state index contributed by atoms with van der Waals surface area (Å²) in [6, 6.07) is 0. The van der Waals surface area contributed by atoms with Crippen molar-refractivity contribution < 1.29 is 28.5 Å². The smallest absolute Gasteiger partial charge is 0.192 e. The Balaban J connectivity index is 2.18. The van der Waals surface area contributed by atoms with Gasteiger partial charge in [0, 0.05) is 0 Å². The summed E-state index contributed by atoms with van der Waals surface area (Å²) in [5, 5.41) is 9.33. The lowest BCUT2D eigenvalue weighted by molar-refractivity contribution is -0.184. The normalized spacial score (nSPS) is 33.9. The van der Waals surface area contributed by atoms with Gasteiger partial charge in [-0.15, -0.1) is 11.8 Å². The van der Waals surface area contributed by atoms with E-state index in [2.05, 4.69) is 40.8 Å². The van der Waals surface area contributed by atoms with Crippen molar-refractivity contribution in [1.29, 1.82) is 0 Å². The molecule has 0 radical (unpaired) electrons. The fraction of sp³-hybridized carbons (Fsp3) is 1.00. The summed E-state index contributed by atoms with van der Waals surface area (Å²) in [5.41, 5.74) is -0.173. The first kappa shape index (κ1) is 23.6. The molecule has 8 heteroatoms.